The molecule has 1 aromatic carbocycles. The van der Waals surface area contributed by atoms with Gasteiger partial charge in [0.15, 0.2) is 0 Å². The van der Waals surface area contributed by atoms with Crippen molar-refractivity contribution in [3.05, 3.63) is 29.3 Å². The zero-order chi connectivity index (χ0) is 12.5. The zero-order valence-corrected chi connectivity index (χ0v) is 11.4. The fourth-order valence-corrected chi connectivity index (χ4v) is 2.51. The summed E-state index contributed by atoms with van der Waals surface area (Å²) in [6.07, 6.45) is 0. The molecule has 0 N–H and O–H groups in total. The van der Waals surface area contributed by atoms with Crippen molar-refractivity contribution in [1.29, 1.82) is 0 Å². The minimum Gasteiger partial charge on any atom is -0.378 e. The third-order valence-electron chi connectivity index (χ3n) is 3.39. The second-order valence-electron chi connectivity index (χ2n) is 5.85. The molecule has 0 unspecified atom stereocenters. The van der Waals surface area contributed by atoms with Gasteiger partial charge in [-0.3, -0.25) is 0 Å². The Bertz CT molecular complexity index is 386. The molecule has 2 rings (SSSR count). The fraction of sp³-hybridized carbons (Fsp3) is 0.600. The highest BCUT2D eigenvalue weighted by Crippen LogP contribution is 2.28. The van der Waals surface area contributed by atoms with Crippen molar-refractivity contribution in [3.63, 3.8) is 0 Å². The van der Waals surface area contributed by atoms with Gasteiger partial charge in [-0.15, -0.1) is 0 Å². The highest BCUT2D eigenvalue weighted by atomic mass is 16.5. The van der Waals surface area contributed by atoms with Crippen LogP contribution in [-0.2, 0) is 10.2 Å². The minimum atomic E-state index is 0.230. The Morgan fingerprint density at radius 1 is 1.12 bits per heavy atom. The average molecular weight is 233 g/mol. The molecule has 0 bridgehead atoms. The molecule has 0 saturated carbocycles. The molecule has 94 valence electrons. The third-order valence-corrected chi connectivity index (χ3v) is 3.39. The molecule has 0 aliphatic carbocycles. The number of nitrogens with zero attached hydrogens (tertiary/aromatic N) is 1. The van der Waals surface area contributed by atoms with Crippen LogP contribution in [0.2, 0.25) is 0 Å². The van der Waals surface area contributed by atoms with E-state index in [1.807, 2.05) is 0 Å². The quantitative estimate of drug-likeness (QED) is 0.739. The maximum absolute atomic E-state index is 5.39. The summed E-state index contributed by atoms with van der Waals surface area (Å²) in [4.78, 5) is 2.41. The molecule has 0 radical (unpaired) electrons. The van der Waals surface area contributed by atoms with Crippen LogP contribution in [0.4, 0.5) is 5.69 Å². The molecule has 17 heavy (non-hydrogen) atoms. The van der Waals surface area contributed by atoms with Crippen LogP contribution in [-0.4, -0.2) is 26.3 Å². The number of ether oxygens (including phenoxy) is 1. The van der Waals surface area contributed by atoms with Crippen LogP contribution in [0.5, 0.6) is 0 Å². The van der Waals surface area contributed by atoms with Crippen LogP contribution in [0.3, 0.4) is 0 Å². The first kappa shape index (κ1) is 12.4. The molecule has 1 fully saturated rings. The van der Waals surface area contributed by atoms with Gasteiger partial charge in [0.05, 0.1) is 13.2 Å². The smallest absolute Gasteiger partial charge is 0.0642 e. The fourth-order valence-electron chi connectivity index (χ4n) is 2.51. The summed E-state index contributed by atoms with van der Waals surface area (Å²) >= 11 is 0. The van der Waals surface area contributed by atoms with E-state index >= 15 is 0 Å². The molecule has 2 nitrogen and oxygen atoms in total. The van der Waals surface area contributed by atoms with Crippen molar-refractivity contribution in [2.45, 2.75) is 33.1 Å². The molecular weight excluding hydrogens is 210 g/mol. The van der Waals surface area contributed by atoms with Gasteiger partial charge in [0, 0.05) is 18.8 Å². The van der Waals surface area contributed by atoms with Crippen molar-refractivity contribution < 1.29 is 4.74 Å². The van der Waals surface area contributed by atoms with E-state index in [-0.39, 0.29) is 5.41 Å². The lowest BCUT2D eigenvalue weighted by Gasteiger charge is -2.30. The Morgan fingerprint density at radius 3 is 2.29 bits per heavy atom. The van der Waals surface area contributed by atoms with E-state index in [1.54, 1.807) is 0 Å². The SMILES string of the molecule is Cc1cc(N2CCOCC2)ccc1C(C)(C)C. The van der Waals surface area contributed by atoms with E-state index in [4.69, 9.17) is 4.74 Å². The van der Waals surface area contributed by atoms with Crippen LogP contribution in [0, 0.1) is 6.92 Å². The first-order valence-corrected chi connectivity index (χ1v) is 6.42. The Hall–Kier alpha value is -1.02. The van der Waals surface area contributed by atoms with Gasteiger partial charge in [0.1, 0.15) is 0 Å². The van der Waals surface area contributed by atoms with Crippen molar-refractivity contribution in [3.8, 4) is 0 Å². The van der Waals surface area contributed by atoms with Gasteiger partial charge < -0.3 is 9.64 Å². The normalized spacial score (nSPS) is 17.3. The lowest BCUT2D eigenvalue weighted by Crippen LogP contribution is -2.36. The molecule has 1 heterocycles. The van der Waals surface area contributed by atoms with Crippen LogP contribution in [0.1, 0.15) is 31.9 Å². The van der Waals surface area contributed by atoms with Gasteiger partial charge in [-0.05, 0) is 35.6 Å². The third kappa shape index (κ3) is 2.81. The van der Waals surface area contributed by atoms with Gasteiger partial charge in [0.2, 0.25) is 0 Å². The average Bonchev–Trinajstić information content (AvgIpc) is 2.28. The molecule has 0 spiro atoms. The zero-order valence-electron chi connectivity index (χ0n) is 11.4. The number of morpholine rings is 1. The second kappa shape index (κ2) is 4.69. The summed E-state index contributed by atoms with van der Waals surface area (Å²) in [5.74, 6) is 0. The Labute approximate surface area is 105 Å². The number of rotatable bonds is 1. The molecule has 0 aromatic heterocycles. The van der Waals surface area contributed by atoms with Gasteiger partial charge in [0.25, 0.3) is 0 Å². The first-order valence-electron chi connectivity index (χ1n) is 6.42. The van der Waals surface area contributed by atoms with Crippen molar-refractivity contribution in [2.75, 3.05) is 31.2 Å². The summed E-state index contributed by atoms with van der Waals surface area (Å²) in [6.45, 7) is 12.7. The highest BCUT2D eigenvalue weighted by molar-refractivity contribution is 5.52. The number of anilines is 1. The molecule has 1 aromatic rings. The van der Waals surface area contributed by atoms with E-state index in [0.29, 0.717) is 0 Å². The molecule has 1 aliphatic rings. The van der Waals surface area contributed by atoms with Gasteiger partial charge in [-0.25, -0.2) is 0 Å². The predicted octanol–water partition coefficient (Wildman–Crippen LogP) is 3.13. The summed E-state index contributed by atoms with van der Waals surface area (Å²) in [5, 5.41) is 0. The van der Waals surface area contributed by atoms with E-state index in [9.17, 15) is 0 Å². The van der Waals surface area contributed by atoms with E-state index in [2.05, 4.69) is 50.8 Å². The molecule has 0 atom stereocenters. The summed E-state index contributed by atoms with van der Waals surface area (Å²) < 4.78 is 5.39. The Balaban J connectivity index is 2.24. The van der Waals surface area contributed by atoms with Crippen molar-refractivity contribution >= 4 is 5.69 Å². The summed E-state index contributed by atoms with van der Waals surface area (Å²) in [7, 11) is 0. The predicted molar refractivity (Wildman–Crippen MR) is 72.9 cm³/mol. The Kier molecular flexibility index (Phi) is 3.43. The number of aryl methyl sites for hydroxylation is 1. The lowest BCUT2D eigenvalue weighted by atomic mass is 9.84. The maximum atomic E-state index is 5.39. The second-order valence-corrected chi connectivity index (χ2v) is 5.85. The topological polar surface area (TPSA) is 12.5 Å². The van der Waals surface area contributed by atoms with Crippen LogP contribution in [0.25, 0.3) is 0 Å². The summed E-state index contributed by atoms with van der Waals surface area (Å²) in [5.41, 5.74) is 4.39. The van der Waals surface area contributed by atoms with Gasteiger partial charge in [-0.1, -0.05) is 26.8 Å². The standard InChI is InChI=1S/C15H23NO/c1-12-11-13(16-7-9-17-10-8-16)5-6-14(12)15(2,3)4/h5-6,11H,7-10H2,1-4H3. The van der Waals surface area contributed by atoms with Gasteiger partial charge in [-0.2, -0.15) is 0 Å². The molecule has 0 amide bonds. The van der Waals surface area contributed by atoms with Crippen molar-refractivity contribution in [2.24, 2.45) is 0 Å². The largest absolute Gasteiger partial charge is 0.378 e. The molecule has 2 heteroatoms. The van der Waals surface area contributed by atoms with Crippen LogP contribution in [0.15, 0.2) is 18.2 Å². The number of benzene rings is 1. The lowest BCUT2D eigenvalue weighted by molar-refractivity contribution is 0.122. The Morgan fingerprint density at radius 2 is 1.76 bits per heavy atom. The van der Waals surface area contributed by atoms with Crippen LogP contribution >= 0.6 is 0 Å². The monoisotopic (exact) mass is 233 g/mol. The van der Waals surface area contributed by atoms with Crippen molar-refractivity contribution in [1.82, 2.24) is 0 Å². The molecular formula is C15H23NO. The minimum absolute atomic E-state index is 0.230. The number of hydrogen-bond acceptors (Lipinski definition) is 2. The number of hydrogen-bond donors (Lipinski definition) is 0. The highest BCUT2D eigenvalue weighted by Gasteiger charge is 2.18. The van der Waals surface area contributed by atoms with Gasteiger partial charge >= 0.3 is 0 Å². The van der Waals surface area contributed by atoms with E-state index in [0.717, 1.165) is 26.3 Å². The first-order chi connectivity index (χ1) is 7.98. The summed E-state index contributed by atoms with van der Waals surface area (Å²) in [6, 6.07) is 6.84. The maximum Gasteiger partial charge on any atom is 0.0642 e. The van der Waals surface area contributed by atoms with E-state index in [1.165, 1.54) is 16.8 Å². The van der Waals surface area contributed by atoms with Crippen LogP contribution < -0.4 is 4.90 Å². The van der Waals surface area contributed by atoms with E-state index < -0.39 is 0 Å². The molecule has 1 saturated heterocycles. The molecule has 1 aliphatic heterocycles.